The van der Waals surface area contributed by atoms with Crippen molar-refractivity contribution in [1.82, 2.24) is 0 Å². The molecule has 0 saturated carbocycles. The molecule has 25 heteroatoms. The van der Waals surface area contributed by atoms with Crippen molar-refractivity contribution in [3.63, 3.8) is 0 Å². The van der Waals surface area contributed by atoms with Crippen LogP contribution in [0.2, 0.25) is 5.02 Å². The number of rotatable bonds is 60. The van der Waals surface area contributed by atoms with Crippen LogP contribution in [0.5, 0.6) is 0 Å². The van der Waals surface area contributed by atoms with E-state index in [2.05, 4.69) is 33.0 Å². The van der Waals surface area contributed by atoms with Gasteiger partial charge in [0.1, 0.15) is 19.3 Å². The normalized spacial score (nSPS) is 13.4. The number of hydrogen-bond donors (Lipinski definition) is 2. The van der Waals surface area contributed by atoms with E-state index in [-0.39, 0.29) is 90.9 Å². The van der Waals surface area contributed by atoms with E-state index in [1.165, 1.54) is 103 Å². The molecule has 1 aromatic carbocycles. The van der Waals surface area contributed by atoms with Crippen LogP contribution in [0.1, 0.15) is 298 Å². The van der Waals surface area contributed by atoms with Crippen LogP contribution in [-0.2, 0) is 70.1 Å². The molecule has 0 aliphatic carbocycles. The van der Waals surface area contributed by atoms with Crippen molar-refractivity contribution in [3.8, 4) is 0 Å². The molecule has 4 atom stereocenters. The number of phosphoric acid groups is 2. The molecule has 2 N–H and O–H groups in total. The number of phosphoric ester groups is 2. The average Bonchev–Trinajstić information content (AvgIpc) is 1.22. The van der Waals surface area contributed by atoms with Gasteiger partial charge >= 0.3 is 89.1 Å². The number of nitrogens with one attached hydrogen (secondary N) is 1. The van der Waals surface area contributed by atoms with Gasteiger partial charge in [-0.3, -0.25) is 33.6 Å². The van der Waals surface area contributed by atoms with Gasteiger partial charge in [-0.25, -0.2) is 4.79 Å². The van der Waals surface area contributed by atoms with E-state index in [1.807, 2.05) is 0 Å². The number of aliphatic hydroxyl groups excluding tert-OH is 1. The molecule has 92 heavy (non-hydrogen) atoms. The van der Waals surface area contributed by atoms with Gasteiger partial charge in [0.15, 0.2) is 12.2 Å². The van der Waals surface area contributed by atoms with E-state index in [4.69, 9.17) is 53.4 Å². The second-order valence-electron chi connectivity index (χ2n) is 23.7. The maximum absolute atomic E-state index is 12.8. The van der Waals surface area contributed by atoms with Crippen LogP contribution in [-0.4, -0.2) is 99.1 Å². The minimum atomic E-state index is -5.20. The second-order valence-corrected chi connectivity index (χ2v) is 27.0. The zero-order valence-corrected chi connectivity index (χ0v) is 64.8. The summed E-state index contributed by atoms with van der Waals surface area (Å²) in [7, 11) is -10.4. The Morgan fingerprint density at radius 2 is 0.717 bits per heavy atom. The zero-order valence-electron chi connectivity index (χ0n) is 58.2. The molecule has 0 heterocycles. The van der Waals surface area contributed by atoms with Crippen molar-refractivity contribution < 1.29 is 149 Å². The van der Waals surface area contributed by atoms with Gasteiger partial charge in [0.05, 0.1) is 32.5 Å². The largest absolute Gasteiger partial charge is 1.00 e. The predicted octanol–water partition coefficient (Wildman–Crippen LogP) is 11.2. The number of carbonyl (C=O) groups excluding carboxylic acids is 5. The van der Waals surface area contributed by atoms with Gasteiger partial charge in [-0.05, 0) is 57.7 Å². The number of halogens is 1. The molecule has 0 bridgehead atoms. The van der Waals surface area contributed by atoms with Crippen LogP contribution in [0, 0.1) is 0 Å². The molecule has 1 aromatic rings. The molecular formula is C67H120ClNNa2O19P2. The maximum Gasteiger partial charge on any atom is 1.00 e. The first-order valence-corrected chi connectivity index (χ1v) is 37.9. The van der Waals surface area contributed by atoms with E-state index >= 15 is 0 Å². The van der Waals surface area contributed by atoms with E-state index in [0.717, 1.165) is 103 Å². The molecule has 0 spiro atoms. The topological polar surface area (TPSA) is 281 Å². The maximum atomic E-state index is 12.8. The molecule has 20 nitrogen and oxygen atoms in total. The fourth-order valence-electron chi connectivity index (χ4n) is 9.31. The van der Waals surface area contributed by atoms with Crippen LogP contribution >= 0.6 is 27.2 Å². The van der Waals surface area contributed by atoms with Crippen molar-refractivity contribution in [3.05, 3.63) is 29.3 Å². The van der Waals surface area contributed by atoms with Crippen LogP contribution in [0.3, 0.4) is 0 Å². The van der Waals surface area contributed by atoms with Gasteiger partial charge in [-0.15, -0.1) is 0 Å². The predicted molar refractivity (Wildman–Crippen MR) is 351 cm³/mol. The van der Waals surface area contributed by atoms with Gasteiger partial charge in [-0.2, -0.15) is 0 Å². The molecule has 0 saturated heterocycles. The van der Waals surface area contributed by atoms with Gasteiger partial charge in [-0.1, -0.05) is 251 Å². The van der Waals surface area contributed by atoms with Crippen molar-refractivity contribution in [2.24, 2.45) is 0 Å². The second kappa shape index (κ2) is 65.8. The molecular weight excluding hydrogens is 1270 g/mol. The number of unbranched alkanes of at least 4 members (excludes halogenated alkanes) is 32. The van der Waals surface area contributed by atoms with E-state index in [9.17, 15) is 48.0 Å². The van der Waals surface area contributed by atoms with E-state index in [0.29, 0.717) is 36.4 Å². The van der Waals surface area contributed by atoms with Gasteiger partial charge in [0.2, 0.25) is 0 Å². The van der Waals surface area contributed by atoms with Crippen LogP contribution in [0.15, 0.2) is 24.3 Å². The molecule has 526 valence electrons. The van der Waals surface area contributed by atoms with Crippen molar-refractivity contribution in [2.75, 3.05) is 45.0 Å². The van der Waals surface area contributed by atoms with Crippen molar-refractivity contribution in [1.29, 1.82) is 0 Å². The Morgan fingerprint density at radius 3 is 1.01 bits per heavy atom. The summed E-state index contributed by atoms with van der Waals surface area (Å²) in [6, 6.07) is 6.89. The van der Waals surface area contributed by atoms with Gasteiger partial charge < -0.3 is 56.7 Å². The summed E-state index contributed by atoms with van der Waals surface area (Å²) in [5, 5.41) is 13.6. The third kappa shape index (κ3) is 64.8. The number of esters is 4. The fourth-order valence-corrected chi connectivity index (χ4v) is 11.1. The van der Waals surface area contributed by atoms with Crippen LogP contribution in [0.4, 0.5) is 10.5 Å². The van der Waals surface area contributed by atoms with Crippen LogP contribution < -0.4 is 74.2 Å². The standard InChI is InChI=1S/C57H110O17P2.C10H12ClNO2.2Na/c1-5-9-13-17-21-25-29-33-37-41-54(59)67-47-52(73-56(61)43-39-35-31-27-23-19-15-11-7-3)49-71-75(63,64)69-45-51(58)46-70-76(65,66)72-50-53(74-57(62)44-40-36-32-28-24-20-16-12-8-4)48-68-55(60)42-38-34-30-26-22-18-14-10-6-2;1-7(2)14-10(13)12-9-5-3-4-8(11)6-9;;/h51-53,58H,5-50H2,1-4H3,(H,63,64)(H,65,66);3-7H,1-2H3,(H,12,13);;/q;;2*+1/p-2. The number of carbonyl (C=O) groups is 5. The zero-order chi connectivity index (χ0) is 66.8. The Labute approximate surface area is 604 Å². The van der Waals surface area contributed by atoms with Crippen molar-refractivity contribution in [2.45, 2.75) is 323 Å². The quantitative estimate of drug-likeness (QED) is 0.0201. The minimum Gasteiger partial charge on any atom is -0.756 e. The summed E-state index contributed by atoms with van der Waals surface area (Å²) in [4.78, 5) is 87.4. The Balaban J connectivity index is -0.00000433. The molecule has 0 fully saturated rings. The SMILES string of the molecule is CC(C)OC(=O)Nc1cccc(Cl)c1.CCCCCCCCCCCC(=O)OCC(COP(=O)([O-])OCC(O)COP(=O)([O-])OCC(COC(=O)CCCCCCCCCCC)OC(=O)CCCCCCCCCCC)OC(=O)CCCCCCCCCCC.[Na+].[Na+]. The van der Waals surface area contributed by atoms with E-state index < -0.39 is 104 Å². The average molecular weight is 1390 g/mol. The summed E-state index contributed by atoms with van der Waals surface area (Å²) in [6.07, 6.45) is 33.6. The van der Waals surface area contributed by atoms with E-state index in [1.54, 1.807) is 38.1 Å². The molecule has 0 aliphatic heterocycles. The Hall–Kier alpha value is -1.16. The summed E-state index contributed by atoms with van der Waals surface area (Å²) in [6.45, 7) is 7.94. The summed E-state index contributed by atoms with van der Waals surface area (Å²) < 4.78 is 71.6. The Morgan fingerprint density at radius 1 is 0.435 bits per heavy atom. The Bertz CT molecular complexity index is 1940. The number of ether oxygens (including phenoxy) is 5. The molecule has 1 amide bonds. The first-order valence-electron chi connectivity index (χ1n) is 34.6. The number of amides is 1. The van der Waals surface area contributed by atoms with Gasteiger partial charge in [0, 0.05) is 36.4 Å². The molecule has 0 radical (unpaired) electrons. The number of benzene rings is 1. The monoisotopic (exact) mass is 1390 g/mol. The van der Waals surface area contributed by atoms with Crippen molar-refractivity contribution >= 4 is 62.9 Å². The number of anilines is 1. The summed E-state index contributed by atoms with van der Waals surface area (Å²) in [5.74, 6) is -2.24. The Kier molecular flexibility index (Phi) is 67.9. The summed E-state index contributed by atoms with van der Waals surface area (Å²) >= 11 is 5.74. The number of hydrogen-bond acceptors (Lipinski definition) is 19. The first kappa shape index (κ1) is 95.0. The smallest absolute Gasteiger partial charge is 0.756 e. The third-order valence-corrected chi connectivity index (χ3v) is 16.6. The molecule has 0 aliphatic rings. The summed E-state index contributed by atoms with van der Waals surface area (Å²) in [5.41, 5.74) is 0.628. The van der Waals surface area contributed by atoms with Gasteiger partial charge in [0.25, 0.3) is 15.6 Å². The molecule has 0 aromatic heterocycles. The van der Waals surface area contributed by atoms with Crippen LogP contribution in [0.25, 0.3) is 0 Å². The fraction of sp³-hybridized carbons (Fsp3) is 0.836. The molecule has 4 unspecified atom stereocenters. The number of aliphatic hydroxyl groups is 1. The molecule has 1 rings (SSSR count). The minimum absolute atomic E-state index is 0. The first-order chi connectivity index (χ1) is 43.2. The third-order valence-electron chi connectivity index (χ3n) is 14.5.